The fraction of sp³-hybridized carbons (Fsp3) is 0. The van der Waals surface area contributed by atoms with Crippen molar-refractivity contribution >= 4 is 11.1 Å². The van der Waals surface area contributed by atoms with E-state index in [9.17, 15) is 0 Å². The van der Waals surface area contributed by atoms with Gasteiger partial charge in [-0.1, -0.05) is 115 Å². The van der Waals surface area contributed by atoms with Crippen molar-refractivity contribution in [2.75, 3.05) is 0 Å². The number of benzene rings is 4. The Balaban J connectivity index is 2.15. The van der Waals surface area contributed by atoms with Crippen molar-refractivity contribution in [2.45, 2.75) is 0 Å². The van der Waals surface area contributed by atoms with Gasteiger partial charge in [-0.25, -0.2) is 0 Å². The molecule has 4 aromatic rings. The zero-order chi connectivity index (χ0) is 19.2. The van der Waals surface area contributed by atoms with Crippen LogP contribution in [0, 0.1) is 12.3 Å². The van der Waals surface area contributed by atoms with Crippen molar-refractivity contribution in [1.82, 2.24) is 0 Å². The monoisotopic (exact) mass is 356 g/mol. The average molecular weight is 356 g/mol. The Morgan fingerprint density at radius 1 is 0.464 bits per heavy atom. The molecule has 0 saturated carbocycles. The molecule has 0 saturated heterocycles. The molecule has 0 aliphatic carbocycles. The maximum atomic E-state index is 5.87. The molecule has 4 aromatic carbocycles. The summed E-state index contributed by atoms with van der Waals surface area (Å²) in [6, 6.07) is 39.7. The molecule has 0 bridgehead atoms. The van der Waals surface area contributed by atoms with Gasteiger partial charge >= 0.3 is 0 Å². The molecule has 0 aliphatic heterocycles. The topological polar surface area (TPSA) is 0 Å². The second kappa shape index (κ2) is 8.25. The van der Waals surface area contributed by atoms with Gasteiger partial charge in [0.05, 0.1) is 0 Å². The van der Waals surface area contributed by atoms with Gasteiger partial charge < -0.3 is 0 Å². The predicted molar refractivity (Wildman–Crippen MR) is 119 cm³/mol. The minimum Gasteiger partial charge on any atom is -0.115 e. The van der Waals surface area contributed by atoms with Crippen molar-refractivity contribution in [3.8, 4) is 12.3 Å². The largest absolute Gasteiger partial charge is 0.115 e. The second-order valence-electron chi connectivity index (χ2n) is 6.54. The molecule has 0 aromatic heterocycles. The van der Waals surface area contributed by atoms with Gasteiger partial charge in [0, 0.05) is 5.56 Å². The van der Waals surface area contributed by atoms with E-state index < -0.39 is 0 Å². The van der Waals surface area contributed by atoms with Crippen molar-refractivity contribution < 1.29 is 0 Å². The van der Waals surface area contributed by atoms with E-state index in [0.717, 1.165) is 22.3 Å². The standard InChI is InChI=1S/C28H20/c1-2-22-14-12-13-21-26(22)28(25-19-10-5-11-20-25)27(23-15-6-3-7-16-23)24-17-8-4-9-18-24/h1,3-21H. The highest BCUT2D eigenvalue weighted by molar-refractivity contribution is 6.05. The van der Waals surface area contributed by atoms with Gasteiger partial charge in [-0.3, -0.25) is 0 Å². The summed E-state index contributed by atoms with van der Waals surface area (Å²) in [6.07, 6.45) is 5.87. The highest BCUT2D eigenvalue weighted by atomic mass is 14.2. The van der Waals surface area contributed by atoms with E-state index in [1.54, 1.807) is 0 Å². The first kappa shape index (κ1) is 17.6. The molecule has 0 nitrogen and oxygen atoms in total. The van der Waals surface area contributed by atoms with Crippen molar-refractivity contribution in [3.63, 3.8) is 0 Å². The summed E-state index contributed by atoms with van der Waals surface area (Å²) in [5.41, 5.74) is 7.76. The summed E-state index contributed by atoms with van der Waals surface area (Å²) in [6.45, 7) is 0. The van der Waals surface area contributed by atoms with Crippen LogP contribution in [0.4, 0.5) is 0 Å². The Morgan fingerprint density at radius 3 is 1.32 bits per heavy atom. The lowest BCUT2D eigenvalue weighted by molar-refractivity contribution is 1.49. The van der Waals surface area contributed by atoms with Crippen LogP contribution in [0.1, 0.15) is 27.8 Å². The van der Waals surface area contributed by atoms with Crippen molar-refractivity contribution in [3.05, 3.63) is 143 Å². The Hall–Kier alpha value is -3.82. The van der Waals surface area contributed by atoms with E-state index in [1.807, 2.05) is 36.4 Å². The van der Waals surface area contributed by atoms with Gasteiger partial charge in [0.25, 0.3) is 0 Å². The zero-order valence-corrected chi connectivity index (χ0v) is 15.5. The number of hydrogen-bond donors (Lipinski definition) is 0. The molecule has 0 aliphatic rings. The average Bonchev–Trinajstić information content (AvgIpc) is 2.79. The molecule has 0 heteroatoms. The molecule has 0 N–H and O–H groups in total. The Morgan fingerprint density at radius 2 is 0.857 bits per heavy atom. The number of rotatable bonds is 4. The first-order valence-electron chi connectivity index (χ1n) is 9.35. The van der Waals surface area contributed by atoms with E-state index in [4.69, 9.17) is 6.42 Å². The third-order valence-electron chi connectivity index (χ3n) is 4.79. The van der Waals surface area contributed by atoms with Crippen LogP contribution >= 0.6 is 0 Å². The highest BCUT2D eigenvalue weighted by Gasteiger charge is 2.17. The summed E-state index contributed by atoms with van der Waals surface area (Å²) in [7, 11) is 0. The normalized spacial score (nSPS) is 10.1. The second-order valence-corrected chi connectivity index (χ2v) is 6.54. The fourth-order valence-corrected chi connectivity index (χ4v) is 3.53. The van der Waals surface area contributed by atoms with Crippen molar-refractivity contribution in [2.24, 2.45) is 0 Å². The van der Waals surface area contributed by atoms with Gasteiger partial charge in [0.2, 0.25) is 0 Å². The van der Waals surface area contributed by atoms with Crippen LogP contribution in [-0.2, 0) is 0 Å². The lowest BCUT2D eigenvalue weighted by Crippen LogP contribution is -1.99. The van der Waals surface area contributed by atoms with E-state index in [-0.39, 0.29) is 0 Å². The molecule has 132 valence electrons. The molecule has 4 rings (SSSR count). The molecule has 0 fully saturated rings. The molecule has 0 unspecified atom stereocenters. The van der Waals surface area contributed by atoms with Gasteiger partial charge in [0.1, 0.15) is 0 Å². The quantitative estimate of drug-likeness (QED) is 0.283. The van der Waals surface area contributed by atoms with Crippen LogP contribution < -0.4 is 0 Å². The Bertz CT molecular complexity index is 1090. The van der Waals surface area contributed by atoms with Gasteiger partial charge in [0.15, 0.2) is 0 Å². The maximum absolute atomic E-state index is 5.87. The summed E-state index contributed by atoms with van der Waals surface area (Å²) >= 11 is 0. The maximum Gasteiger partial charge on any atom is 0.0321 e. The predicted octanol–water partition coefficient (Wildman–Crippen LogP) is 6.68. The third kappa shape index (κ3) is 3.52. The molecular weight excluding hydrogens is 336 g/mol. The van der Waals surface area contributed by atoms with Gasteiger partial charge in [-0.15, -0.1) is 6.42 Å². The fourth-order valence-electron chi connectivity index (χ4n) is 3.53. The minimum absolute atomic E-state index is 0.894. The van der Waals surface area contributed by atoms with Crippen LogP contribution in [0.5, 0.6) is 0 Å². The summed E-state index contributed by atoms with van der Waals surface area (Å²) < 4.78 is 0. The van der Waals surface area contributed by atoms with Crippen LogP contribution in [0.2, 0.25) is 0 Å². The number of hydrogen-bond acceptors (Lipinski definition) is 0. The van der Waals surface area contributed by atoms with Crippen molar-refractivity contribution in [1.29, 1.82) is 0 Å². The van der Waals surface area contributed by atoms with Crippen LogP contribution in [0.25, 0.3) is 11.1 Å². The molecule has 0 atom stereocenters. The minimum atomic E-state index is 0.894. The molecule has 0 spiro atoms. The first-order chi connectivity index (χ1) is 13.9. The van der Waals surface area contributed by atoms with Crippen LogP contribution in [0.15, 0.2) is 115 Å². The Kier molecular flexibility index (Phi) is 5.18. The number of terminal acetylenes is 1. The lowest BCUT2D eigenvalue weighted by atomic mass is 9.84. The molecular formula is C28H20. The molecule has 0 heterocycles. The summed E-state index contributed by atoms with van der Waals surface area (Å²) in [5.74, 6) is 2.87. The molecule has 0 radical (unpaired) electrons. The first-order valence-corrected chi connectivity index (χ1v) is 9.35. The van der Waals surface area contributed by atoms with E-state index >= 15 is 0 Å². The lowest BCUT2D eigenvalue weighted by Gasteiger charge is -2.19. The SMILES string of the molecule is C#Cc1ccccc1C(=C(c1ccccc1)c1ccccc1)c1ccccc1. The summed E-state index contributed by atoms with van der Waals surface area (Å²) in [5, 5.41) is 0. The third-order valence-corrected chi connectivity index (χ3v) is 4.79. The van der Waals surface area contributed by atoms with Crippen LogP contribution in [-0.4, -0.2) is 0 Å². The summed E-state index contributed by atoms with van der Waals surface area (Å²) in [4.78, 5) is 0. The highest BCUT2D eigenvalue weighted by Crippen LogP contribution is 2.37. The van der Waals surface area contributed by atoms with Gasteiger partial charge in [-0.2, -0.15) is 0 Å². The zero-order valence-electron chi connectivity index (χ0n) is 15.5. The van der Waals surface area contributed by atoms with Crippen LogP contribution in [0.3, 0.4) is 0 Å². The van der Waals surface area contributed by atoms with Gasteiger partial charge in [-0.05, 0) is 39.5 Å². The van der Waals surface area contributed by atoms with E-state index in [2.05, 4.69) is 84.8 Å². The smallest absolute Gasteiger partial charge is 0.0321 e. The molecule has 0 amide bonds. The Labute approximate surface area is 166 Å². The molecule has 28 heavy (non-hydrogen) atoms. The van der Waals surface area contributed by atoms with E-state index in [0.29, 0.717) is 0 Å². The van der Waals surface area contributed by atoms with E-state index in [1.165, 1.54) is 16.7 Å².